The highest BCUT2D eigenvalue weighted by Crippen LogP contribution is 2.36. The van der Waals surface area contributed by atoms with E-state index >= 15 is 0 Å². The van der Waals surface area contributed by atoms with Crippen LogP contribution in [-0.2, 0) is 6.54 Å². The Labute approximate surface area is 141 Å². The van der Waals surface area contributed by atoms with E-state index in [0.717, 1.165) is 12.5 Å². The minimum Gasteiger partial charge on any atom is -0.351 e. The van der Waals surface area contributed by atoms with Gasteiger partial charge in [0.1, 0.15) is 5.69 Å². The van der Waals surface area contributed by atoms with Gasteiger partial charge in [-0.05, 0) is 36.2 Å². The molecule has 0 aliphatic carbocycles. The molecule has 24 heavy (non-hydrogen) atoms. The van der Waals surface area contributed by atoms with Gasteiger partial charge in [0, 0.05) is 29.1 Å². The average molecular weight is 347 g/mol. The lowest BCUT2D eigenvalue weighted by atomic mass is 10.0. The molecular formula is C18H13ClF2N2O. The smallest absolute Gasteiger partial charge is 0.267 e. The maximum absolute atomic E-state index is 14.6. The maximum Gasteiger partial charge on any atom is 0.267 e. The van der Waals surface area contributed by atoms with Gasteiger partial charge in [0.05, 0.1) is 5.52 Å². The van der Waals surface area contributed by atoms with Gasteiger partial charge in [0.2, 0.25) is 0 Å². The largest absolute Gasteiger partial charge is 0.351 e. The number of aromatic nitrogens is 1. The molecule has 1 amide bonds. The quantitative estimate of drug-likeness (QED) is 0.697. The number of halogens is 3. The van der Waals surface area contributed by atoms with Gasteiger partial charge in [0.25, 0.3) is 5.91 Å². The average Bonchev–Trinajstić information content (AvgIpc) is 2.82. The Morgan fingerprint density at radius 1 is 1.12 bits per heavy atom. The van der Waals surface area contributed by atoms with E-state index in [1.807, 2.05) is 0 Å². The van der Waals surface area contributed by atoms with E-state index in [0.29, 0.717) is 40.3 Å². The molecule has 0 radical (unpaired) electrons. The van der Waals surface area contributed by atoms with E-state index in [2.05, 4.69) is 5.32 Å². The number of fused-ring (bicyclic) bond motifs is 3. The van der Waals surface area contributed by atoms with Gasteiger partial charge in [-0.15, -0.1) is 0 Å². The van der Waals surface area contributed by atoms with Gasteiger partial charge in [0.15, 0.2) is 11.6 Å². The summed E-state index contributed by atoms with van der Waals surface area (Å²) in [6, 6.07) is 9.31. The van der Waals surface area contributed by atoms with Crippen molar-refractivity contribution in [2.45, 2.75) is 13.0 Å². The van der Waals surface area contributed by atoms with Gasteiger partial charge in [-0.1, -0.05) is 23.7 Å². The number of nitrogens with zero attached hydrogens (tertiary/aromatic N) is 1. The minimum atomic E-state index is -0.936. The van der Waals surface area contributed by atoms with Crippen molar-refractivity contribution in [2.24, 2.45) is 0 Å². The summed E-state index contributed by atoms with van der Waals surface area (Å²) < 4.78 is 30.5. The number of hydrogen-bond donors (Lipinski definition) is 1. The number of nitrogens with one attached hydrogen (secondary N) is 1. The molecule has 122 valence electrons. The van der Waals surface area contributed by atoms with Gasteiger partial charge in [-0.3, -0.25) is 4.79 Å². The first-order chi connectivity index (χ1) is 11.6. The Hall–Kier alpha value is -2.40. The monoisotopic (exact) mass is 346 g/mol. The summed E-state index contributed by atoms with van der Waals surface area (Å²) in [7, 11) is 0. The van der Waals surface area contributed by atoms with E-state index in [1.165, 1.54) is 0 Å². The van der Waals surface area contributed by atoms with Gasteiger partial charge in [-0.2, -0.15) is 0 Å². The SMILES string of the molecule is O=C1NCCCn2c1cc1cc(F)c(F)c(-c3ccc(Cl)cc3)c12. The number of benzene rings is 2. The number of carbonyl (C=O) groups is 1. The maximum atomic E-state index is 14.6. The van der Waals surface area contributed by atoms with Crippen molar-refractivity contribution in [3.05, 3.63) is 58.7 Å². The second-order valence-corrected chi connectivity index (χ2v) is 6.22. The predicted octanol–water partition coefficient (Wildman–Crippen LogP) is 4.37. The van der Waals surface area contributed by atoms with Crippen LogP contribution in [0.3, 0.4) is 0 Å². The van der Waals surface area contributed by atoms with Gasteiger partial charge in [-0.25, -0.2) is 8.78 Å². The van der Waals surface area contributed by atoms with Crippen LogP contribution in [0, 0.1) is 11.6 Å². The molecule has 6 heteroatoms. The molecule has 3 aromatic rings. The minimum absolute atomic E-state index is 0.155. The Morgan fingerprint density at radius 2 is 1.88 bits per heavy atom. The molecule has 0 fully saturated rings. The number of rotatable bonds is 1. The first-order valence-electron chi connectivity index (χ1n) is 7.61. The summed E-state index contributed by atoms with van der Waals surface area (Å²) >= 11 is 5.90. The second kappa shape index (κ2) is 5.60. The molecule has 0 atom stereocenters. The van der Waals surface area contributed by atoms with Crippen LogP contribution in [0.15, 0.2) is 36.4 Å². The van der Waals surface area contributed by atoms with Gasteiger partial charge >= 0.3 is 0 Å². The van der Waals surface area contributed by atoms with E-state index in [1.54, 1.807) is 34.9 Å². The van der Waals surface area contributed by atoms with Crippen molar-refractivity contribution in [2.75, 3.05) is 6.54 Å². The number of amides is 1. The molecule has 4 rings (SSSR count). The molecule has 0 bridgehead atoms. The predicted molar refractivity (Wildman–Crippen MR) is 89.3 cm³/mol. The topological polar surface area (TPSA) is 34.0 Å². The van der Waals surface area contributed by atoms with Crippen LogP contribution in [0.25, 0.3) is 22.0 Å². The summed E-state index contributed by atoms with van der Waals surface area (Å²) in [4.78, 5) is 12.2. The summed E-state index contributed by atoms with van der Waals surface area (Å²) in [6.45, 7) is 1.12. The Balaban J connectivity index is 2.09. The molecule has 0 unspecified atom stereocenters. The number of aryl methyl sites for hydroxylation is 1. The summed E-state index contributed by atoms with van der Waals surface area (Å²) in [5.41, 5.74) is 1.63. The molecular weight excluding hydrogens is 334 g/mol. The van der Waals surface area contributed by atoms with Crippen LogP contribution >= 0.6 is 11.6 Å². The second-order valence-electron chi connectivity index (χ2n) is 5.78. The highest BCUT2D eigenvalue weighted by molar-refractivity contribution is 6.30. The lowest BCUT2D eigenvalue weighted by Crippen LogP contribution is -2.22. The lowest BCUT2D eigenvalue weighted by molar-refractivity contribution is 0.0951. The molecule has 1 N–H and O–H groups in total. The molecule has 0 saturated heterocycles. The van der Waals surface area contributed by atoms with E-state index < -0.39 is 11.6 Å². The van der Waals surface area contributed by atoms with Crippen molar-refractivity contribution in [1.29, 1.82) is 0 Å². The Bertz CT molecular complexity index is 964. The fraction of sp³-hybridized carbons (Fsp3) is 0.167. The van der Waals surface area contributed by atoms with Crippen LogP contribution in [0.5, 0.6) is 0 Å². The van der Waals surface area contributed by atoms with Crippen molar-refractivity contribution in [1.82, 2.24) is 9.88 Å². The first-order valence-corrected chi connectivity index (χ1v) is 7.99. The molecule has 1 aliphatic heterocycles. The first kappa shape index (κ1) is 15.1. The van der Waals surface area contributed by atoms with Gasteiger partial charge < -0.3 is 9.88 Å². The fourth-order valence-corrected chi connectivity index (χ4v) is 3.34. The van der Waals surface area contributed by atoms with E-state index in [9.17, 15) is 13.6 Å². The number of carbonyl (C=O) groups excluding carboxylic acids is 1. The fourth-order valence-electron chi connectivity index (χ4n) is 3.21. The van der Waals surface area contributed by atoms with Crippen molar-refractivity contribution < 1.29 is 13.6 Å². The van der Waals surface area contributed by atoms with E-state index in [-0.39, 0.29) is 11.5 Å². The number of hydrogen-bond acceptors (Lipinski definition) is 1. The molecule has 0 saturated carbocycles. The van der Waals surface area contributed by atoms with Crippen LogP contribution in [0.1, 0.15) is 16.9 Å². The third-order valence-electron chi connectivity index (χ3n) is 4.28. The third kappa shape index (κ3) is 2.27. The summed E-state index contributed by atoms with van der Waals surface area (Å²) in [6.07, 6.45) is 0.724. The van der Waals surface area contributed by atoms with E-state index in [4.69, 9.17) is 11.6 Å². The standard InChI is InChI=1S/C18H13ClF2N2O/c19-12-4-2-10(3-5-12)15-16(21)13(20)8-11-9-14-18(24)22-6-1-7-23(14)17(11)15/h2-5,8-9H,1,6-7H2,(H,22,24). The highest BCUT2D eigenvalue weighted by Gasteiger charge is 2.24. The Morgan fingerprint density at radius 3 is 2.62 bits per heavy atom. The van der Waals surface area contributed by atoms with Crippen LogP contribution < -0.4 is 5.32 Å². The van der Waals surface area contributed by atoms with Crippen LogP contribution in [0.4, 0.5) is 8.78 Å². The molecule has 1 aromatic heterocycles. The highest BCUT2D eigenvalue weighted by atomic mass is 35.5. The molecule has 0 spiro atoms. The van der Waals surface area contributed by atoms with Crippen molar-refractivity contribution >= 4 is 28.4 Å². The Kier molecular flexibility index (Phi) is 3.53. The van der Waals surface area contributed by atoms with Crippen LogP contribution in [0.2, 0.25) is 5.02 Å². The third-order valence-corrected chi connectivity index (χ3v) is 4.54. The molecule has 2 aromatic carbocycles. The molecule has 2 heterocycles. The van der Waals surface area contributed by atoms with Crippen molar-refractivity contribution in [3.63, 3.8) is 0 Å². The van der Waals surface area contributed by atoms with Crippen LogP contribution in [-0.4, -0.2) is 17.0 Å². The zero-order valence-corrected chi connectivity index (χ0v) is 13.3. The summed E-state index contributed by atoms with van der Waals surface area (Å²) in [5.74, 6) is -2.09. The zero-order chi connectivity index (χ0) is 16.8. The zero-order valence-electron chi connectivity index (χ0n) is 12.6. The van der Waals surface area contributed by atoms with Crippen molar-refractivity contribution in [3.8, 4) is 11.1 Å². The molecule has 3 nitrogen and oxygen atoms in total. The summed E-state index contributed by atoms with van der Waals surface area (Å²) in [5, 5.41) is 3.81. The normalized spacial score (nSPS) is 14.4. The lowest BCUT2D eigenvalue weighted by Gasteiger charge is -2.12. The molecule has 1 aliphatic rings.